The van der Waals surface area contributed by atoms with E-state index in [0.29, 0.717) is 37.6 Å². The predicted molar refractivity (Wildman–Crippen MR) is 121 cm³/mol. The van der Waals surface area contributed by atoms with Crippen molar-refractivity contribution in [3.05, 3.63) is 63.7 Å². The minimum absolute atomic E-state index is 0.000594. The Morgan fingerprint density at radius 2 is 1.81 bits per heavy atom. The molecule has 9 heteroatoms. The highest BCUT2D eigenvalue weighted by atomic mass is 16.6. The molecule has 0 saturated carbocycles. The minimum Gasteiger partial charge on any atom is -0.491 e. The van der Waals surface area contributed by atoms with Crippen molar-refractivity contribution >= 4 is 23.2 Å². The molecular formula is C23H28N4O5. The Hall–Kier alpha value is -3.62. The number of benzene rings is 2. The zero-order chi connectivity index (χ0) is 23.3. The van der Waals surface area contributed by atoms with Crippen molar-refractivity contribution in [3.63, 3.8) is 0 Å². The molecule has 9 nitrogen and oxygen atoms in total. The summed E-state index contributed by atoms with van der Waals surface area (Å²) in [6.07, 6.45) is -0.000594. The summed E-state index contributed by atoms with van der Waals surface area (Å²) in [6, 6.07) is 11.9. The number of hydrogen-bond donors (Lipinski definition) is 1. The Balaban J connectivity index is 1.72. The molecule has 2 aromatic carbocycles. The van der Waals surface area contributed by atoms with Gasteiger partial charge >= 0.3 is 0 Å². The third-order valence-electron chi connectivity index (χ3n) is 5.27. The van der Waals surface area contributed by atoms with E-state index in [-0.39, 0.29) is 29.8 Å². The molecule has 1 fully saturated rings. The smallest absolute Gasteiger partial charge is 0.293 e. The standard InChI is InChI=1S/C23H28N4O5/c1-16(2)32-22-7-5-4-6-19(22)15-24-23(29)18-8-9-20(21(14-18)27(30)31)26-12-10-25(11-13-26)17(3)28/h4-9,14,16H,10-13,15H2,1-3H3,(H,24,29). The molecule has 0 spiro atoms. The molecule has 2 amide bonds. The number of piperazine rings is 1. The number of nitrogens with zero attached hydrogens (tertiary/aromatic N) is 3. The number of nitro benzene ring substituents is 1. The largest absolute Gasteiger partial charge is 0.491 e. The first-order chi connectivity index (χ1) is 15.3. The lowest BCUT2D eigenvalue weighted by Gasteiger charge is -2.35. The van der Waals surface area contributed by atoms with Crippen LogP contribution in [0.4, 0.5) is 11.4 Å². The molecule has 3 rings (SSSR count). The average Bonchev–Trinajstić information content (AvgIpc) is 2.77. The molecule has 0 aromatic heterocycles. The van der Waals surface area contributed by atoms with Crippen LogP contribution in [0.1, 0.15) is 36.7 Å². The monoisotopic (exact) mass is 440 g/mol. The fraction of sp³-hybridized carbons (Fsp3) is 0.391. The van der Waals surface area contributed by atoms with Crippen LogP contribution in [-0.4, -0.2) is 53.9 Å². The molecule has 0 unspecified atom stereocenters. The number of nitro groups is 1. The lowest BCUT2D eigenvalue weighted by molar-refractivity contribution is -0.384. The average molecular weight is 441 g/mol. The summed E-state index contributed by atoms with van der Waals surface area (Å²) in [6.45, 7) is 7.62. The summed E-state index contributed by atoms with van der Waals surface area (Å²) in [5.74, 6) is 0.278. The van der Waals surface area contributed by atoms with E-state index in [1.165, 1.54) is 13.0 Å². The highest BCUT2D eigenvalue weighted by molar-refractivity contribution is 5.95. The van der Waals surface area contributed by atoms with E-state index in [1.54, 1.807) is 17.0 Å². The maximum Gasteiger partial charge on any atom is 0.293 e. The van der Waals surface area contributed by atoms with Gasteiger partial charge in [0.05, 0.1) is 11.0 Å². The second kappa shape index (κ2) is 10.1. The molecule has 1 heterocycles. The SMILES string of the molecule is CC(=O)N1CCN(c2ccc(C(=O)NCc3ccccc3OC(C)C)cc2[N+](=O)[O-])CC1. The molecule has 1 aliphatic heterocycles. The van der Waals surface area contributed by atoms with Gasteiger partial charge in [-0.1, -0.05) is 18.2 Å². The number of nitrogens with one attached hydrogen (secondary N) is 1. The molecule has 32 heavy (non-hydrogen) atoms. The molecule has 0 atom stereocenters. The van der Waals surface area contributed by atoms with Crippen LogP contribution in [0.2, 0.25) is 0 Å². The number of rotatable bonds is 7. The van der Waals surface area contributed by atoms with Crippen LogP contribution < -0.4 is 15.0 Å². The van der Waals surface area contributed by atoms with Crippen LogP contribution in [0.3, 0.4) is 0 Å². The van der Waals surface area contributed by atoms with Gasteiger partial charge in [0.2, 0.25) is 5.91 Å². The van der Waals surface area contributed by atoms with Gasteiger partial charge in [0.25, 0.3) is 11.6 Å². The third-order valence-corrected chi connectivity index (χ3v) is 5.27. The number of amides is 2. The first-order valence-corrected chi connectivity index (χ1v) is 10.6. The van der Waals surface area contributed by atoms with Gasteiger partial charge in [-0.3, -0.25) is 19.7 Å². The van der Waals surface area contributed by atoms with Crippen LogP contribution in [0.25, 0.3) is 0 Å². The van der Waals surface area contributed by atoms with Gasteiger partial charge in [-0.05, 0) is 32.0 Å². The second-order valence-electron chi connectivity index (χ2n) is 7.91. The van der Waals surface area contributed by atoms with Crippen LogP contribution >= 0.6 is 0 Å². The van der Waals surface area contributed by atoms with Gasteiger partial charge in [-0.15, -0.1) is 0 Å². The highest BCUT2D eigenvalue weighted by Gasteiger charge is 2.26. The zero-order valence-electron chi connectivity index (χ0n) is 18.5. The van der Waals surface area contributed by atoms with Crippen LogP contribution in [0.15, 0.2) is 42.5 Å². The van der Waals surface area contributed by atoms with Crippen LogP contribution in [0.5, 0.6) is 5.75 Å². The zero-order valence-corrected chi connectivity index (χ0v) is 18.5. The highest BCUT2D eigenvalue weighted by Crippen LogP contribution is 2.30. The first kappa shape index (κ1) is 23.1. The van der Waals surface area contributed by atoms with Crippen LogP contribution in [-0.2, 0) is 11.3 Å². The molecule has 170 valence electrons. The van der Waals surface area contributed by atoms with Gasteiger partial charge in [0.15, 0.2) is 0 Å². The molecular weight excluding hydrogens is 412 g/mol. The fourth-order valence-electron chi connectivity index (χ4n) is 3.64. The van der Waals surface area contributed by atoms with Gasteiger partial charge in [0.1, 0.15) is 11.4 Å². The van der Waals surface area contributed by atoms with Crippen molar-refractivity contribution in [1.82, 2.24) is 10.2 Å². The molecule has 1 N–H and O–H groups in total. The third kappa shape index (κ3) is 5.54. The lowest BCUT2D eigenvalue weighted by atomic mass is 10.1. The number of ether oxygens (including phenoxy) is 1. The van der Waals surface area contributed by atoms with Crippen molar-refractivity contribution in [2.75, 3.05) is 31.1 Å². The van der Waals surface area contributed by atoms with E-state index in [9.17, 15) is 19.7 Å². The number of anilines is 1. The number of carbonyl (C=O) groups is 2. The van der Waals surface area contributed by atoms with Crippen molar-refractivity contribution < 1.29 is 19.2 Å². The van der Waals surface area contributed by atoms with Crippen molar-refractivity contribution in [3.8, 4) is 5.75 Å². The molecule has 0 aliphatic carbocycles. The van der Waals surface area contributed by atoms with E-state index in [0.717, 1.165) is 5.56 Å². The number of carbonyl (C=O) groups excluding carboxylic acids is 2. The first-order valence-electron chi connectivity index (χ1n) is 10.6. The molecule has 0 radical (unpaired) electrons. The quantitative estimate of drug-likeness (QED) is 0.524. The summed E-state index contributed by atoms with van der Waals surface area (Å²) in [7, 11) is 0. The second-order valence-corrected chi connectivity index (χ2v) is 7.91. The van der Waals surface area contributed by atoms with E-state index in [4.69, 9.17) is 4.74 Å². The predicted octanol–water partition coefficient (Wildman–Crippen LogP) is 2.98. The Morgan fingerprint density at radius 3 is 2.44 bits per heavy atom. The van der Waals surface area contributed by atoms with Gasteiger partial charge < -0.3 is 19.9 Å². The van der Waals surface area contributed by atoms with Crippen molar-refractivity contribution in [1.29, 1.82) is 0 Å². The molecule has 0 bridgehead atoms. The van der Waals surface area contributed by atoms with E-state index < -0.39 is 10.8 Å². The maximum atomic E-state index is 12.7. The summed E-state index contributed by atoms with van der Waals surface area (Å²) in [5.41, 5.74) is 1.36. The number of hydrogen-bond acceptors (Lipinski definition) is 6. The normalized spacial score (nSPS) is 13.8. The van der Waals surface area contributed by atoms with Crippen molar-refractivity contribution in [2.45, 2.75) is 33.4 Å². The van der Waals surface area contributed by atoms with E-state index >= 15 is 0 Å². The Kier molecular flexibility index (Phi) is 7.29. The number of para-hydroxylation sites is 1. The molecule has 1 saturated heterocycles. The topological polar surface area (TPSA) is 105 Å². The minimum atomic E-state index is -0.477. The van der Waals surface area contributed by atoms with E-state index in [1.807, 2.05) is 43.0 Å². The Labute approximate surface area is 187 Å². The summed E-state index contributed by atoms with van der Waals surface area (Å²) in [4.78, 5) is 39.0. The molecule has 1 aliphatic rings. The molecule has 2 aromatic rings. The van der Waals surface area contributed by atoms with Gasteiger partial charge in [0, 0.05) is 56.8 Å². The Morgan fingerprint density at radius 1 is 1.12 bits per heavy atom. The summed E-state index contributed by atoms with van der Waals surface area (Å²) in [5, 5.41) is 14.5. The van der Waals surface area contributed by atoms with E-state index in [2.05, 4.69) is 5.32 Å². The van der Waals surface area contributed by atoms with Gasteiger partial charge in [-0.2, -0.15) is 0 Å². The van der Waals surface area contributed by atoms with Gasteiger partial charge in [-0.25, -0.2) is 0 Å². The lowest BCUT2D eigenvalue weighted by Crippen LogP contribution is -2.48. The summed E-state index contributed by atoms with van der Waals surface area (Å²) >= 11 is 0. The Bertz CT molecular complexity index is 1000. The van der Waals surface area contributed by atoms with Crippen molar-refractivity contribution in [2.24, 2.45) is 0 Å². The van der Waals surface area contributed by atoms with Crippen LogP contribution in [0, 0.1) is 10.1 Å². The fourth-order valence-corrected chi connectivity index (χ4v) is 3.64. The maximum absolute atomic E-state index is 12.7. The summed E-state index contributed by atoms with van der Waals surface area (Å²) < 4.78 is 5.77.